The van der Waals surface area contributed by atoms with E-state index >= 15 is 0 Å². The molecule has 1 aromatic rings. The first-order valence-electron chi connectivity index (χ1n) is 11.1. The van der Waals surface area contributed by atoms with Gasteiger partial charge in [0.25, 0.3) is 0 Å². The van der Waals surface area contributed by atoms with Crippen LogP contribution < -0.4 is 15.4 Å². The van der Waals surface area contributed by atoms with Crippen LogP contribution in [0.4, 0.5) is 0 Å². The third-order valence-corrected chi connectivity index (χ3v) is 5.41. The summed E-state index contributed by atoms with van der Waals surface area (Å²) in [5, 5.41) is 6.68. The summed E-state index contributed by atoms with van der Waals surface area (Å²) >= 11 is 0. The highest BCUT2D eigenvalue weighted by Crippen LogP contribution is 2.22. The molecule has 2 heterocycles. The van der Waals surface area contributed by atoms with Crippen LogP contribution >= 0.6 is 0 Å². The molecular weight excluding hydrogens is 368 g/mol. The van der Waals surface area contributed by atoms with Crippen molar-refractivity contribution in [2.45, 2.75) is 70.1 Å². The highest BCUT2D eigenvalue weighted by Gasteiger charge is 2.16. The number of nitrogens with zero attached hydrogens (tertiary/aromatic N) is 2. The van der Waals surface area contributed by atoms with Crippen LogP contribution in [0.3, 0.4) is 0 Å². The summed E-state index contributed by atoms with van der Waals surface area (Å²) in [6, 6.07) is 4.03. The lowest BCUT2D eigenvalue weighted by Gasteiger charge is -2.22. The first kappa shape index (κ1) is 21.8. The molecule has 7 heteroatoms. The highest BCUT2D eigenvalue weighted by molar-refractivity contribution is 5.79. The molecule has 2 aliphatic rings. The van der Waals surface area contributed by atoms with Gasteiger partial charge in [0.2, 0.25) is 5.88 Å². The minimum Gasteiger partial charge on any atom is -0.474 e. The standard InChI is InChI=1S/C22H36N4O3/c1-23-22(25-11-6-13-27-17-20-9-5-14-28-20)26-16-18-10-12-24-21(15-18)29-19-7-3-2-4-8-19/h10,12,15,19-20H,2-9,11,13-14,16-17H2,1H3,(H2,23,25,26). The Balaban J connectivity index is 1.30. The van der Waals surface area contributed by atoms with Gasteiger partial charge < -0.3 is 24.8 Å². The zero-order chi connectivity index (χ0) is 20.2. The average Bonchev–Trinajstić information content (AvgIpc) is 3.27. The van der Waals surface area contributed by atoms with Crippen LogP contribution in [0.15, 0.2) is 23.3 Å². The molecule has 0 radical (unpaired) electrons. The van der Waals surface area contributed by atoms with Gasteiger partial charge in [0.15, 0.2) is 5.96 Å². The van der Waals surface area contributed by atoms with Gasteiger partial charge in [-0.2, -0.15) is 0 Å². The molecule has 29 heavy (non-hydrogen) atoms. The fourth-order valence-corrected chi connectivity index (χ4v) is 3.76. The molecule has 1 aliphatic carbocycles. The normalized spacial score (nSPS) is 20.6. The second-order valence-corrected chi connectivity index (χ2v) is 7.80. The molecule has 3 rings (SSSR count). The molecule has 162 valence electrons. The van der Waals surface area contributed by atoms with E-state index < -0.39 is 0 Å². The molecule has 1 aromatic heterocycles. The van der Waals surface area contributed by atoms with Gasteiger partial charge in [-0.1, -0.05) is 6.42 Å². The van der Waals surface area contributed by atoms with Crippen molar-refractivity contribution in [3.8, 4) is 5.88 Å². The Morgan fingerprint density at radius 2 is 2.10 bits per heavy atom. The molecule has 1 saturated heterocycles. The maximum absolute atomic E-state index is 6.06. The molecular formula is C22H36N4O3. The number of aromatic nitrogens is 1. The molecule has 0 spiro atoms. The monoisotopic (exact) mass is 404 g/mol. The fraction of sp³-hybridized carbons (Fsp3) is 0.727. The maximum Gasteiger partial charge on any atom is 0.213 e. The number of ether oxygens (including phenoxy) is 3. The van der Waals surface area contributed by atoms with Crippen molar-refractivity contribution >= 4 is 5.96 Å². The third-order valence-electron chi connectivity index (χ3n) is 5.41. The molecule has 7 nitrogen and oxygen atoms in total. The second-order valence-electron chi connectivity index (χ2n) is 7.80. The highest BCUT2D eigenvalue weighted by atomic mass is 16.5. The zero-order valence-corrected chi connectivity index (χ0v) is 17.7. The summed E-state index contributed by atoms with van der Waals surface area (Å²) in [6.45, 7) is 3.82. The van der Waals surface area contributed by atoms with Crippen LogP contribution in [0.25, 0.3) is 0 Å². The summed E-state index contributed by atoms with van der Waals surface area (Å²) in [7, 11) is 1.79. The number of hydrogen-bond donors (Lipinski definition) is 2. The van der Waals surface area contributed by atoms with Gasteiger partial charge in [-0.25, -0.2) is 4.98 Å². The topological polar surface area (TPSA) is 77.0 Å². The lowest BCUT2D eigenvalue weighted by molar-refractivity contribution is 0.0168. The van der Waals surface area contributed by atoms with Crippen molar-refractivity contribution in [1.29, 1.82) is 0 Å². The molecule has 2 N–H and O–H groups in total. The number of pyridine rings is 1. The number of hydrogen-bond acceptors (Lipinski definition) is 5. The van der Waals surface area contributed by atoms with Gasteiger partial charge >= 0.3 is 0 Å². The number of aliphatic imine (C=N–C) groups is 1. The van der Waals surface area contributed by atoms with Crippen molar-refractivity contribution < 1.29 is 14.2 Å². The average molecular weight is 405 g/mol. The first-order chi connectivity index (χ1) is 14.3. The van der Waals surface area contributed by atoms with E-state index in [4.69, 9.17) is 14.2 Å². The van der Waals surface area contributed by atoms with Crippen LogP contribution in [-0.4, -0.2) is 56.6 Å². The smallest absolute Gasteiger partial charge is 0.213 e. The van der Waals surface area contributed by atoms with Gasteiger partial charge in [0.05, 0.1) is 12.7 Å². The summed E-state index contributed by atoms with van der Waals surface area (Å²) in [6.07, 6.45) is 11.8. The quantitative estimate of drug-likeness (QED) is 0.355. The van der Waals surface area contributed by atoms with E-state index in [0.29, 0.717) is 25.4 Å². The van der Waals surface area contributed by atoms with Crippen LogP contribution in [0, 0.1) is 0 Å². The van der Waals surface area contributed by atoms with Crippen LogP contribution in [-0.2, 0) is 16.0 Å². The lowest BCUT2D eigenvalue weighted by atomic mass is 9.98. The zero-order valence-electron chi connectivity index (χ0n) is 17.7. The Bertz CT molecular complexity index is 614. The fourth-order valence-electron chi connectivity index (χ4n) is 3.76. The van der Waals surface area contributed by atoms with Crippen molar-refractivity contribution in [3.05, 3.63) is 23.9 Å². The van der Waals surface area contributed by atoms with Crippen molar-refractivity contribution in [1.82, 2.24) is 15.6 Å². The van der Waals surface area contributed by atoms with Gasteiger partial charge in [-0.3, -0.25) is 4.99 Å². The Morgan fingerprint density at radius 3 is 2.90 bits per heavy atom. The minimum atomic E-state index is 0.296. The van der Waals surface area contributed by atoms with E-state index in [-0.39, 0.29) is 0 Å². The van der Waals surface area contributed by atoms with E-state index in [1.165, 1.54) is 19.3 Å². The SMILES string of the molecule is CN=C(NCCCOCC1CCCO1)NCc1ccnc(OC2CCCCC2)c1. The van der Waals surface area contributed by atoms with E-state index in [1.54, 1.807) is 7.05 Å². The molecule has 1 atom stereocenters. The number of rotatable bonds is 10. The van der Waals surface area contributed by atoms with Crippen LogP contribution in [0.2, 0.25) is 0 Å². The van der Waals surface area contributed by atoms with E-state index in [0.717, 1.165) is 69.3 Å². The molecule has 0 aromatic carbocycles. The van der Waals surface area contributed by atoms with Crippen LogP contribution in [0.5, 0.6) is 5.88 Å². The second kappa shape index (κ2) is 12.6. The lowest BCUT2D eigenvalue weighted by Crippen LogP contribution is -2.37. The van der Waals surface area contributed by atoms with E-state index in [9.17, 15) is 0 Å². The van der Waals surface area contributed by atoms with Gasteiger partial charge in [-0.05, 0) is 56.6 Å². The largest absolute Gasteiger partial charge is 0.474 e. The summed E-state index contributed by atoms with van der Waals surface area (Å²) in [4.78, 5) is 8.66. The summed E-state index contributed by atoms with van der Waals surface area (Å²) < 4.78 is 17.3. The van der Waals surface area contributed by atoms with Crippen molar-refractivity contribution in [2.75, 3.05) is 33.4 Å². The maximum atomic E-state index is 6.06. The third kappa shape index (κ3) is 8.19. The molecule has 1 unspecified atom stereocenters. The Morgan fingerprint density at radius 1 is 1.21 bits per heavy atom. The number of guanidine groups is 1. The molecule has 1 aliphatic heterocycles. The predicted molar refractivity (Wildman–Crippen MR) is 114 cm³/mol. The summed E-state index contributed by atoms with van der Waals surface area (Å²) in [5.74, 6) is 1.51. The first-order valence-corrected chi connectivity index (χ1v) is 11.1. The van der Waals surface area contributed by atoms with Gasteiger partial charge in [0.1, 0.15) is 6.10 Å². The Labute approximate surface area is 174 Å². The van der Waals surface area contributed by atoms with E-state index in [2.05, 4.69) is 20.6 Å². The van der Waals surface area contributed by atoms with E-state index in [1.807, 2.05) is 18.3 Å². The predicted octanol–water partition coefficient (Wildman–Crippen LogP) is 3.04. The van der Waals surface area contributed by atoms with Crippen molar-refractivity contribution in [3.63, 3.8) is 0 Å². The van der Waals surface area contributed by atoms with Crippen molar-refractivity contribution in [2.24, 2.45) is 4.99 Å². The van der Waals surface area contributed by atoms with Gasteiger partial charge in [0, 0.05) is 45.6 Å². The molecule has 2 fully saturated rings. The van der Waals surface area contributed by atoms with Gasteiger partial charge in [-0.15, -0.1) is 0 Å². The van der Waals surface area contributed by atoms with Crippen LogP contribution in [0.1, 0.15) is 56.9 Å². The molecule has 1 saturated carbocycles. The summed E-state index contributed by atoms with van der Waals surface area (Å²) in [5.41, 5.74) is 1.13. The molecule has 0 bridgehead atoms. The molecule has 0 amide bonds. The minimum absolute atomic E-state index is 0.296. The Hall–Kier alpha value is -1.86. The Kier molecular flexibility index (Phi) is 9.53. The number of nitrogens with one attached hydrogen (secondary N) is 2.